The van der Waals surface area contributed by atoms with Gasteiger partial charge in [0, 0.05) is 0 Å². The number of allylic oxidation sites excluding steroid dienone is 1. The Kier molecular flexibility index (Phi) is 3.25. The molecule has 1 aromatic rings. The third-order valence-corrected chi connectivity index (χ3v) is 3.34. The van der Waals surface area contributed by atoms with Crippen LogP contribution in [0.15, 0.2) is 18.2 Å². The second-order valence-electron chi connectivity index (χ2n) is 4.50. The first kappa shape index (κ1) is 10.5. The molecule has 0 fully saturated rings. The minimum atomic E-state index is 1.14. The Hall–Kier alpha value is -1.04. The quantitative estimate of drug-likeness (QED) is 0.636. The molecule has 0 radical (unpaired) electrons. The van der Waals surface area contributed by atoms with Crippen LogP contribution < -0.4 is 0 Å². The van der Waals surface area contributed by atoms with Crippen LogP contribution in [0.2, 0.25) is 0 Å². The number of unbranched alkanes of at least 4 members (excludes halogenated alkanes) is 2. The Morgan fingerprint density at radius 1 is 1.20 bits per heavy atom. The molecule has 0 N–H and O–H groups in total. The Bertz CT molecular complexity index is 372. The summed E-state index contributed by atoms with van der Waals surface area (Å²) < 4.78 is 0. The van der Waals surface area contributed by atoms with E-state index in [1.54, 1.807) is 11.1 Å². The minimum absolute atomic E-state index is 1.14. The summed E-state index contributed by atoms with van der Waals surface area (Å²) in [5, 5.41) is 0. The normalized spacial score (nSPS) is 13.2. The third kappa shape index (κ3) is 2.14. The van der Waals surface area contributed by atoms with Gasteiger partial charge in [0.05, 0.1) is 0 Å². The number of aryl methyl sites for hydroxylation is 2. The maximum absolute atomic E-state index is 2.32. The van der Waals surface area contributed by atoms with E-state index in [1.165, 1.54) is 36.8 Å². The molecule has 0 saturated carbocycles. The monoisotopic (exact) mass is 200 g/mol. The first-order valence-electron chi connectivity index (χ1n) is 6.11. The lowest BCUT2D eigenvalue weighted by Crippen LogP contribution is -1.95. The lowest BCUT2D eigenvalue weighted by Gasteiger charge is -2.10. The van der Waals surface area contributed by atoms with Gasteiger partial charge in [-0.15, -0.1) is 0 Å². The molecule has 0 aliphatic heterocycles. The maximum Gasteiger partial charge on any atom is -0.00854 e. The van der Waals surface area contributed by atoms with Crippen molar-refractivity contribution < 1.29 is 0 Å². The molecule has 0 unspecified atom stereocenters. The summed E-state index contributed by atoms with van der Waals surface area (Å²) in [4.78, 5) is 0. The molecule has 0 heterocycles. The summed E-state index contributed by atoms with van der Waals surface area (Å²) in [6, 6.07) is 4.60. The van der Waals surface area contributed by atoms with E-state index < -0.39 is 0 Å². The predicted octanol–water partition coefficient (Wildman–Crippen LogP) is 4.30. The minimum Gasteiger partial charge on any atom is -0.0795 e. The summed E-state index contributed by atoms with van der Waals surface area (Å²) in [7, 11) is 0. The number of fused-ring (bicyclic) bond motifs is 1. The average Bonchev–Trinajstić information content (AvgIpc) is 2.71. The largest absolute Gasteiger partial charge is 0.0795 e. The molecular weight excluding hydrogens is 180 g/mol. The number of hydrogen-bond donors (Lipinski definition) is 0. The molecule has 1 aromatic carbocycles. The van der Waals surface area contributed by atoms with Crippen molar-refractivity contribution in [2.75, 3.05) is 0 Å². The summed E-state index contributed by atoms with van der Waals surface area (Å²) in [6.45, 7) is 4.49. The molecule has 0 nitrogen and oxygen atoms in total. The highest BCUT2D eigenvalue weighted by molar-refractivity contribution is 5.65. The highest BCUT2D eigenvalue weighted by Crippen LogP contribution is 2.27. The Morgan fingerprint density at radius 2 is 2.07 bits per heavy atom. The van der Waals surface area contributed by atoms with E-state index in [0.717, 1.165) is 6.42 Å². The fourth-order valence-electron chi connectivity index (χ4n) is 2.38. The van der Waals surface area contributed by atoms with Crippen LogP contribution in [0.3, 0.4) is 0 Å². The number of rotatable bonds is 4. The highest BCUT2D eigenvalue weighted by Gasteiger charge is 2.11. The molecule has 0 spiro atoms. The van der Waals surface area contributed by atoms with Crippen LogP contribution in [0.1, 0.15) is 48.4 Å². The number of hydrogen-bond acceptors (Lipinski definition) is 0. The summed E-state index contributed by atoms with van der Waals surface area (Å²) >= 11 is 0. The van der Waals surface area contributed by atoms with Crippen molar-refractivity contribution in [1.82, 2.24) is 0 Å². The second kappa shape index (κ2) is 4.65. The van der Waals surface area contributed by atoms with Gasteiger partial charge in [0.25, 0.3) is 0 Å². The van der Waals surface area contributed by atoms with Gasteiger partial charge in [-0.1, -0.05) is 44.1 Å². The predicted molar refractivity (Wildman–Crippen MR) is 67.1 cm³/mol. The van der Waals surface area contributed by atoms with E-state index in [-0.39, 0.29) is 0 Å². The third-order valence-electron chi connectivity index (χ3n) is 3.34. The fourth-order valence-corrected chi connectivity index (χ4v) is 2.38. The van der Waals surface area contributed by atoms with Crippen LogP contribution in [-0.4, -0.2) is 0 Å². The molecule has 0 atom stereocenters. The van der Waals surface area contributed by atoms with Crippen molar-refractivity contribution in [3.05, 3.63) is 40.5 Å². The smallest absolute Gasteiger partial charge is 0.00854 e. The molecule has 1 aliphatic carbocycles. The van der Waals surface area contributed by atoms with Crippen LogP contribution in [0.25, 0.3) is 6.08 Å². The first-order chi connectivity index (χ1) is 7.33. The fraction of sp³-hybridized carbons (Fsp3) is 0.467. The van der Waals surface area contributed by atoms with E-state index in [0.29, 0.717) is 0 Å². The lowest BCUT2D eigenvalue weighted by molar-refractivity contribution is 0.716. The van der Waals surface area contributed by atoms with Crippen molar-refractivity contribution in [3.8, 4) is 0 Å². The summed E-state index contributed by atoms with van der Waals surface area (Å²) in [5.74, 6) is 0. The van der Waals surface area contributed by atoms with Crippen LogP contribution in [0.5, 0.6) is 0 Å². The molecule has 80 valence electrons. The molecule has 0 aromatic heterocycles. The van der Waals surface area contributed by atoms with Crippen LogP contribution in [0, 0.1) is 6.92 Å². The molecule has 2 rings (SSSR count). The second-order valence-corrected chi connectivity index (χ2v) is 4.50. The SMILES string of the molecule is CCCCCc1ccc(C)c2c1C=CC2. The van der Waals surface area contributed by atoms with E-state index in [2.05, 4.69) is 38.1 Å². The van der Waals surface area contributed by atoms with Crippen molar-refractivity contribution in [2.45, 2.75) is 46.0 Å². The molecular formula is C15H20. The van der Waals surface area contributed by atoms with Crippen molar-refractivity contribution in [3.63, 3.8) is 0 Å². The van der Waals surface area contributed by atoms with Gasteiger partial charge in [-0.25, -0.2) is 0 Å². The first-order valence-corrected chi connectivity index (χ1v) is 6.11. The molecule has 0 saturated heterocycles. The molecule has 0 bridgehead atoms. The molecule has 15 heavy (non-hydrogen) atoms. The molecule has 1 aliphatic rings. The van der Waals surface area contributed by atoms with Gasteiger partial charge < -0.3 is 0 Å². The zero-order valence-corrected chi connectivity index (χ0v) is 9.84. The van der Waals surface area contributed by atoms with E-state index >= 15 is 0 Å². The Labute approximate surface area is 93.0 Å². The topological polar surface area (TPSA) is 0 Å². The molecule has 0 heteroatoms. The van der Waals surface area contributed by atoms with E-state index in [1.807, 2.05) is 0 Å². The average molecular weight is 200 g/mol. The lowest BCUT2D eigenvalue weighted by atomic mass is 9.95. The van der Waals surface area contributed by atoms with Gasteiger partial charge in [0.15, 0.2) is 0 Å². The zero-order valence-electron chi connectivity index (χ0n) is 9.84. The maximum atomic E-state index is 2.32. The summed E-state index contributed by atoms with van der Waals surface area (Å²) in [5.41, 5.74) is 6.09. The van der Waals surface area contributed by atoms with Gasteiger partial charge >= 0.3 is 0 Å². The van der Waals surface area contributed by atoms with Crippen molar-refractivity contribution in [2.24, 2.45) is 0 Å². The van der Waals surface area contributed by atoms with Gasteiger partial charge in [-0.05, 0) is 48.4 Å². The standard InChI is InChI=1S/C15H20/c1-3-4-5-7-13-11-10-12(2)14-8-6-9-15(13)14/h6,9-11H,3-5,7-8H2,1-2H3. The van der Waals surface area contributed by atoms with Gasteiger partial charge in [0.2, 0.25) is 0 Å². The Balaban J connectivity index is 2.18. The molecule has 0 amide bonds. The van der Waals surface area contributed by atoms with Crippen molar-refractivity contribution >= 4 is 6.08 Å². The van der Waals surface area contributed by atoms with Crippen LogP contribution in [0.4, 0.5) is 0 Å². The van der Waals surface area contributed by atoms with E-state index in [9.17, 15) is 0 Å². The van der Waals surface area contributed by atoms with Gasteiger partial charge in [0.1, 0.15) is 0 Å². The van der Waals surface area contributed by atoms with Crippen LogP contribution in [-0.2, 0) is 12.8 Å². The van der Waals surface area contributed by atoms with E-state index in [4.69, 9.17) is 0 Å². The highest BCUT2D eigenvalue weighted by atomic mass is 14.2. The van der Waals surface area contributed by atoms with Crippen LogP contribution >= 0.6 is 0 Å². The number of benzene rings is 1. The van der Waals surface area contributed by atoms with Gasteiger partial charge in [-0.3, -0.25) is 0 Å². The van der Waals surface area contributed by atoms with Gasteiger partial charge in [-0.2, -0.15) is 0 Å². The van der Waals surface area contributed by atoms with Crippen molar-refractivity contribution in [1.29, 1.82) is 0 Å². The Morgan fingerprint density at radius 3 is 2.87 bits per heavy atom. The zero-order chi connectivity index (χ0) is 10.7. The summed E-state index contributed by atoms with van der Waals surface area (Å²) in [6.07, 6.45) is 11.0.